The zero-order valence-electron chi connectivity index (χ0n) is 16.7. The zero-order chi connectivity index (χ0) is 20.5. The van der Waals surface area contributed by atoms with Gasteiger partial charge in [0.25, 0.3) is 0 Å². The molecule has 3 rings (SSSR count). The van der Waals surface area contributed by atoms with Crippen molar-refractivity contribution in [1.82, 2.24) is 4.31 Å². The molecule has 0 unspecified atom stereocenters. The standard InChI is InChI=1S/C24H27NO3S/c1-2-21-13-15-24(16-14-21)28-17-18-29(26,27)25(19-22-9-5-3-6-10-22)20-23-11-7-4-8-12-23/h3-16H,2,17-20H2,1H3. The molecule has 0 N–H and O–H groups in total. The molecule has 0 spiro atoms. The number of hydrogen-bond donors (Lipinski definition) is 0. The van der Waals surface area contributed by atoms with Crippen LogP contribution in [0.3, 0.4) is 0 Å². The molecule has 0 saturated heterocycles. The van der Waals surface area contributed by atoms with Crippen LogP contribution in [0.15, 0.2) is 84.9 Å². The molecule has 4 nitrogen and oxygen atoms in total. The van der Waals surface area contributed by atoms with E-state index in [9.17, 15) is 8.42 Å². The van der Waals surface area contributed by atoms with Gasteiger partial charge in [0, 0.05) is 13.1 Å². The molecule has 0 amide bonds. The summed E-state index contributed by atoms with van der Waals surface area (Å²) in [5, 5.41) is 0. The van der Waals surface area contributed by atoms with Gasteiger partial charge in [-0.05, 0) is 35.2 Å². The second-order valence-electron chi connectivity index (χ2n) is 6.90. The van der Waals surface area contributed by atoms with Crippen molar-refractivity contribution in [2.45, 2.75) is 26.4 Å². The average Bonchev–Trinajstić information content (AvgIpc) is 2.75. The molecule has 0 radical (unpaired) electrons. The first-order chi connectivity index (χ1) is 14.1. The molecule has 5 heteroatoms. The van der Waals surface area contributed by atoms with Crippen LogP contribution in [0, 0.1) is 0 Å². The maximum Gasteiger partial charge on any atom is 0.218 e. The predicted octanol–water partition coefficient (Wildman–Crippen LogP) is 4.66. The van der Waals surface area contributed by atoms with Crippen LogP contribution in [0.25, 0.3) is 0 Å². The fraction of sp³-hybridized carbons (Fsp3) is 0.250. The second-order valence-corrected chi connectivity index (χ2v) is 8.99. The maximum atomic E-state index is 13.1. The van der Waals surface area contributed by atoms with E-state index in [1.54, 1.807) is 0 Å². The lowest BCUT2D eigenvalue weighted by atomic mass is 10.2. The van der Waals surface area contributed by atoms with Crippen LogP contribution < -0.4 is 4.74 Å². The highest BCUT2D eigenvalue weighted by molar-refractivity contribution is 7.89. The molecule has 0 aliphatic rings. The zero-order valence-corrected chi connectivity index (χ0v) is 17.5. The predicted molar refractivity (Wildman–Crippen MR) is 117 cm³/mol. The molecule has 3 aromatic carbocycles. The molecule has 0 saturated carbocycles. The van der Waals surface area contributed by atoms with Gasteiger partial charge >= 0.3 is 0 Å². The average molecular weight is 410 g/mol. The fourth-order valence-corrected chi connectivity index (χ4v) is 4.29. The Hall–Kier alpha value is -2.63. The number of hydrogen-bond acceptors (Lipinski definition) is 3. The minimum Gasteiger partial charge on any atom is -0.492 e. The van der Waals surface area contributed by atoms with E-state index < -0.39 is 10.0 Å². The van der Waals surface area contributed by atoms with Crippen LogP contribution in [0.4, 0.5) is 0 Å². The van der Waals surface area contributed by atoms with Gasteiger partial charge in [-0.1, -0.05) is 79.7 Å². The van der Waals surface area contributed by atoms with Crippen molar-refractivity contribution in [2.24, 2.45) is 0 Å². The van der Waals surface area contributed by atoms with Crippen molar-refractivity contribution < 1.29 is 13.2 Å². The molecule has 152 valence electrons. The Morgan fingerprint density at radius 3 is 1.72 bits per heavy atom. The van der Waals surface area contributed by atoms with Crippen LogP contribution in [-0.2, 0) is 29.5 Å². The van der Waals surface area contributed by atoms with Gasteiger partial charge in [0.15, 0.2) is 0 Å². The first kappa shape index (κ1) is 21.1. The number of sulfonamides is 1. The Bertz CT molecular complexity index is 930. The minimum atomic E-state index is -3.49. The van der Waals surface area contributed by atoms with Crippen molar-refractivity contribution in [2.75, 3.05) is 12.4 Å². The van der Waals surface area contributed by atoms with Gasteiger partial charge in [-0.2, -0.15) is 4.31 Å². The third-order valence-electron chi connectivity index (χ3n) is 4.74. The maximum absolute atomic E-state index is 13.1. The fourth-order valence-electron chi connectivity index (χ4n) is 3.04. The van der Waals surface area contributed by atoms with Gasteiger partial charge in [-0.3, -0.25) is 0 Å². The summed E-state index contributed by atoms with van der Waals surface area (Å²) >= 11 is 0. The summed E-state index contributed by atoms with van der Waals surface area (Å²) in [5.74, 6) is 0.623. The Morgan fingerprint density at radius 1 is 0.724 bits per heavy atom. The Balaban J connectivity index is 1.68. The molecule has 0 aliphatic heterocycles. The molecule has 0 atom stereocenters. The van der Waals surface area contributed by atoms with Crippen molar-refractivity contribution >= 4 is 10.0 Å². The van der Waals surface area contributed by atoms with Crippen molar-refractivity contribution in [3.05, 3.63) is 102 Å². The number of ether oxygens (including phenoxy) is 1. The highest BCUT2D eigenvalue weighted by Gasteiger charge is 2.22. The SMILES string of the molecule is CCc1ccc(OCCS(=O)(=O)N(Cc2ccccc2)Cc2ccccc2)cc1. The first-order valence-electron chi connectivity index (χ1n) is 9.84. The lowest BCUT2D eigenvalue weighted by Gasteiger charge is -2.22. The summed E-state index contributed by atoms with van der Waals surface area (Å²) in [4.78, 5) is 0. The van der Waals surface area contributed by atoms with E-state index in [0.29, 0.717) is 18.8 Å². The monoisotopic (exact) mass is 409 g/mol. The highest BCUT2D eigenvalue weighted by atomic mass is 32.2. The number of aryl methyl sites for hydroxylation is 1. The molecule has 0 bridgehead atoms. The van der Waals surface area contributed by atoms with E-state index in [2.05, 4.69) is 6.92 Å². The number of nitrogens with zero attached hydrogens (tertiary/aromatic N) is 1. The quantitative estimate of drug-likeness (QED) is 0.489. The summed E-state index contributed by atoms with van der Waals surface area (Å²) in [6, 6.07) is 27.1. The van der Waals surface area contributed by atoms with Crippen LogP contribution >= 0.6 is 0 Å². The topological polar surface area (TPSA) is 46.6 Å². The van der Waals surface area contributed by atoms with E-state index in [1.165, 1.54) is 9.87 Å². The molecule has 0 heterocycles. The van der Waals surface area contributed by atoms with Crippen molar-refractivity contribution in [1.29, 1.82) is 0 Å². The third-order valence-corrected chi connectivity index (χ3v) is 6.47. The summed E-state index contributed by atoms with van der Waals surface area (Å²) < 4.78 is 33.4. The van der Waals surface area contributed by atoms with Gasteiger partial charge < -0.3 is 4.74 Å². The van der Waals surface area contributed by atoms with Gasteiger partial charge in [0.05, 0.1) is 5.75 Å². The summed E-state index contributed by atoms with van der Waals surface area (Å²) in [6.45, 7) is 2.89. The molecule has 29 heavy (non-hydrogen) atoms. The molecular weight excluding hydrogens is 382 g/mol. The van der Waals surface area contributed by atoms with Gasteiger partial charge in [0.2, 0.25) is 10.0 Å². The lowest BCUT2D eigenvalue weighted by Crippen LogP contribution is -2.34. The van der Waals surface area contributed by atoms with Crippen LogP contribution in [-0.4, -0.2) is 25.1 Å². The van der Waals surface area contributed by atoms with Gasteiger partial charge in [0.1, 0.15) is 12.4 Å². The lowest BCUT2D eigenvalue weighted by molar-refractivity contribution is 0.332. The van der Waals surface area contributed by atoms with E-state index >= 15 is 0 Å². The second kappa shape index (κ2) is 10.2. The molecule has 0 aliphatic carbocycles. The normalized spacial score (nSPS) is 11.5. The Labute approximate surface area is 173 Å². The Morgan fingerprint density at radius 2 is 1.24 bits per heavy atom. The van der Waals surface area contributed by atoms with Crippen LogP contribution in [0.1, 0.15) is 23.6 Å². The first-order valence-corrected chi connectivity index (χ1v) is 11.4. The third kappa shape index (κ3) is 6.44. The summed E-state index contributed by atoms with van der Waals surface area (Å²) in [5.41, 5.74) is 3.15. The minimum absolute atomic E-state index is 0.0673. The van der Waals surface area contributed by atoms with Crippen molar-refractivity contribution in [3.8, 4) is 5.75 Å². The molecule has 0 aromatic heterocycles. The van der Waals surface area contributed by atoms with E-state index in [4.69, 9.17) is 4.74 Å². The molecular formula is C24H27NO3S. The van der Waals surface area contributed by atoms with E-state index in [1.807, 2.05) is 84.9 Å². The summed E-state index contributed by atoms with van der Waals surface area (Å²) in [6.07, 6.45) is 0.961. The van der Waals surface area contributed by atoms with E-state index in [0.717, 1.165) is 17.5 Å². The molecule has 0 fully saturated rings. The van der Waals surface area contributed by atoms with E-state index in [-0.39, 0.29) is 12.4 Å². The number of benzene rings is 3. The van der Waals surface area contributed by atoms with Gasteiger partial charge in [-0.15, -0.1) is 0 Å². The van der Waals surface area contributed by atoms with Crippen LogP contribution in [0.5, 0.6) is 5.75 Å². The molecule has 3 aromatic rings. The number of rotatable bonds is 10. The van der Waals surface area contributed by atoms with Gasteiger partial charge in [-0.25, -0.2) is 8.42 Å². The smallest absolute Gasteiger partial charge is 0.218 e. The summed E-state index contributed by atoms with van der Waals surface area (Å²) in [7, 11) is -3.49. The van der Waals surface area contributed by atoms with Crippen LogP contribution in [0.2, 0.25) is 0 Å². The largest absolute Gasteiger partial charge is 0.492 e. The van der Waals surface area contributed by atoms with Crippen molar-refractivity contribution in [3.63, 3.8) is 0 Å². The Kier molecular flexibility index (Phi) is 7.44. The highest BCUT2D eigenvalue weighted by Crippen LogP contribution is 2.16.